The number of nitrogens with one attached hydrogen (secondary N) is 1. The summed E-state index contributed by atoms with van der Waals surface area (Å²) in [7, 11) is 3.31. The van der Waals surface area contributed by atoms with Crippen LogP contribution in [-0.2, 0) is 0 Å². The first kappa shape index (κ1) is 21.0. The summed E-state index contributed by atoms with van der Waals surface area (Å²) >= 11 is 5.85. The zero-order chi connectivity index (χ0) is 22.8. The summed E-state index contributed by atoms with van der Waals surface area (Å²) in [5.74, 6) is 1.45. The summed E-state index contributed by atoms with van der Waals surface area (Å²) < 4.78 is 13.3. The highest BCUT2D eigenvalue weighted by Gasteiger charge is 2.42. The van der Waals surface area contributed by atoms with Crippen molar-refractivity contribution in [2.45, 2.75) is 12.1 Å². The minimum atomic E-state index is -0.140. The van der Waals surface area contributed by atoms with Gasteiger partial charge >= 0.3 is 0 Å². The number of rotatable bonds is 6. The fraction of sp³-hybridized carbons (Fsp3) is 0.154. The number of para-hydroxylation sites is 1. The lowest BCUT2D eigenvalue weighted by Crippen LogP contribution is -2.29. The first-order valence-corrected chi connectivity index (χ1v) is 11.1. The molecule has 33 heavy (non-hydrogen) atoms. The van der Waals surface area contributed by atoms with Crippen molar-refractivity contribution in [2.24, 2.45) is 0 Å². The molecule has 2 atom stereocenters. The van der Waals surface area contributed by atoms with Gasteiger partial charge in [-0.25, -0.2) is 0 Å². The van der Waals surface area contributed by atoms with Gasteiger partial charge in [0.05, 0.1) is 37.7 Å². The van der Waals surface area contributed by atoms with E-state index in [9.17, 15) is 0 Å². The van der Waals surface area contributed by atoms with E-state index < -0.39 is 0 Å². The number of hydrogen-bond acceptors (Lipinski definition) is 4. The van der Waals surface area contributed by atoms with Crippen molar-refractivity contribution in [2.75, 3.05) is 19.1 Å². The van der Waals surface area contributed by atoms with Crippen molar-refractivity contribution in [1.82, 2.24) is 14.9 Å². The van der Waals surface area contributed by atoms with Crippen molar-refractivity contribution in [1.29, 1.82) is 0 Å². The summed E-state index contributed by atoms with van der Waals surface area (Å²) in [6, 6.07) is 23.8. The number of aromatic nitrogens is 2. The molecule has 2 aromatic heterocycles. The molecule has 0 aliphatic carbocycles. The predicted octanol–water partition coefficient (Wildman–Crippen LogP) is 5.07. The van der Waals surface area contributed by atoms with Gasteiger partial charge in [0.15, 0.2) is 5.11 Å². The van der Waals surface area contributed by atoms with Crippen molar-refractivity contribution >= 4 is 23.0 Å². The maximum atomic E-state index is 5.85. The Bertz CT molecular complexity index is 1260. The van der Waals surface area contributed by atoms with E-state index in [4.69, 9.17) is 21.7 Å². The van der Waals surface area contributed by atoms with E-state index in [2.05, 4.69) is 50.4 Å². The minimum Gasteiger partial charge on any atom is -0.497 e. The average molecular weight is 457 g/mol. The van der Waals surface area contributed by atoms with Crippen LogP contribution in [-0.4, -0.2) is 28.9 Å². The molecule has 0 radical (unpaired) electrons. The number of nitrogens with zero attached hydrogens (tertiary/aromatic N) is 3. The molecule has 0 amide bonds. The van der Waals surface area contributed by atoms with Crippen molar-refractivity contribution < 1.29 is 9.47 Å². The van der Waals surface area contributed by atoms with Crippen LogP contribution in [0.25, 0.3) is 5.69 Å². The molecule has 1 saturated heterocycles. The third-order valence-electron chi connectivity index (χ3n) is 5.86. The standard InChI is InChI=1S/C26H24N4O2S/c1-31-20-11-12-23(32-2)22(16-20)30-25(24(28-26(30)33)21-10-6-7-14-27-21)18-13-15-29(17-18)19-8-4-3-5-9-19/h3-17,24-25H,1-2H3,(H,28,33)/t24-,25-/m0/s1. The van der Waals surface area contributed by atoms with E-state index in [0.717, 1.165) is 28.4 Å². The molecule has 1 aliphatic heterocycles. The first-order chi connectivity index (χ1) is 16.2. The van der Waals surface area contributed by atoms with E-state index in [1.165, 1.54) is 0 Å². The molecule has 1 N–H and O–H groups in total. The van der Waals surface area contributed by atoms with Crippen molar-refractivity contribution in [3.8, 4) is 17.2 Å². The zero-order valence-corrected chi connectivity index (χ0v) is 19.2. The second-order valence-corrected chi connectivity index (χ2v) is 8.11. The number of anilines is 1. The molecule has 6 nitrogen and oxygen atoms in total. The topological polar surface area (TPSA) is 51.6 Å². The molecule has 5 rings (SSSR count). The van der Waals surface area contributed by atoms with Gasteiger partial charge in [-0.1, -0.05) is 24.3 Å². The molecule has 1 fully saturated rings. The third-order valence-corrected chi connectivity index (χ3v) is 6.17. The van der Waals surface area contributed by atoms with Crippen LogP contribution in [0.4, 0.5) is 5.69 Å². The zero-order valence-electron chi connectivity index (χ0n) is 18.4. The summed E-state index contributed by atoms with van der Waals surface area (Å²) in [5.41, 5.74) is 3.95. The Morgan fingerprint density at radius 1 is 0.939 bits per heavy atom. The highest BCUT2D eigenvalue weighted by Crippen LogP contribution is 2.45. The molecule has 4 aromatic rings. The number of benzene rings is 2. The summed E-state index contributed by atoms with van der Waals surface area (Å²) in [4.78, 5) is 6.73. The van der Waals surface area contributed by atoms with Crippen LogP contribution in [0.3, 0.4) is 0 Å². The molecule has 1 aliphatic rings. The fourth-order valence-electron chi connectivity index (χ4n) is 4.29. The van der Waals surface area contributed by atoms with Gasteiger partial charge in [-0.3, -0.25) is 4.98 Å². The number of ether oxygens (including phenoxy) is 2. The molecule has 0 bridgehead atoms. The maximum Gasteiger partial charge on any atom is 0.174 e. The molecule has 7 heteroatoms. The smallest absolute Gasteiger partial charge is 0.174 e. The van der Waals surface area contributed by atoms with Gasteiger partial charge < -0.3 is 24.3 Å². The summed E-state index contributed by atoms with van der Waals surface area (Å²) in [6.45, 7) is 0. The van der Waals surface area contributed by atoms with Gasteiger partial charge in [0.1, 0.15) is 11.5 Å². The Morgan fingerprint density at radius 2 is 1.76 bits per heavy atom. The highest BCUT2D eigenvalue weighted by molar-refractivity contribution is 7.80. The number of hydrogen-bond donors (Lipinski definition) is 1. The Balaban J connectivity index is 1.64. The first-order valence-electron chi connectivity index (χ1n) is 10.7. The summed E-state index contributed by atoms with van der Waals surface area (Å²) in [6.07, 6.45) is 6.02. The highest BCUT2D eigenvalue weighted by atomic mass is 32.1. The van der Waals surface area contributed by atoms with Gasteiger partial charge in [-0.15, -0.1) is 0 Å². The molecule has 0 spiro atoms. The summed E-state index contributed by atoms with van der Waals surface area (Å²) in [5, 5.41) is 4.10. The molecular formula is C26H24N4O2S. The van der Waals surface area contributed by atoms with Gasteiger partial charge in [0.25, 0.3) is 0 Å². The molecule has 2 aromatic carbocycles. The van der Waals surface area contributed by atoms with Gasteiger partial charge in [-0.2, -0.15) is 0 Å². The second-order valence-electron chi connectivity index (χ2n) is 7.72. The minimum absolute atomic E-state index is 0.138. The Morgan fingerprint density at radius 3 is 2.48 bits per heavy atom. The van der Waals surface area contributed by atoms with E-state index >= 15 is 0 Å². The molecular weight excluding hydrogens is 432 g/mol. The average Bonchev–Trinajstić information content (AvgIpc) is 3.49. The molecule has 166 valence electrons. The van der Waals surface area contributed by atoms with E-state index in [1.807, 2.05) is 54.6 Å². The molecule has 0 saturated carbocycles. The van der Waals surface area contributed by atoms with Crippen LogP contribution in [0.1, 0.15) is 23.3 Å². The van der Waals surface area contributed by atoms with E-state index in [-0.39, 0.29) is 12.1 Å². The lowest BCUT2D eigenvalue weighted by Gasteiger charge is -2.28. The monoisotopic (exact) mass is 456 g/mol. The van der Waals surface area contributed by atoms with E-state index in [0.29, 0.717) is 10.9 Å². The fourth-order valence-corrected chi connectivity index (χ4v) is 4.63. The van der Waals surface area contributed by atoms with Crippen molar-refractivity contribution in [3.05, 3.63) is 103 Å². The second kappa shape index (κ2) is 8.96. The van der Waals surface area contributed by atoms with Crippen molar-refractivity contribution in [3.63, 3.8) is 0 Å². The van der Waals surface area contributed by atoms with Gasteiger partial charge in [0, 0.05) is 30.3 Å². The molecule has 3 heterocycles. The van der Waals surface area contributed by atoms with Crippen LogP contribution in [0, 0.1) is 0 Å². The number of pyridine rings is 1. The van der Waals surface area contributed by atoms with Crippen LogP contribution < -0.4 is 19.7 Å². The largest absolute Gasteiger partial charge is 0.497 e. The maximum absolute atomic E-state index is 5.85. The SMILES string of the molecule is COc1ccc(OC)c(N2C(=S)N[C@@H](c3ccccn3)[C@@H]2c2ccn(-c3ccccc3)c2)c1. The lowest BCUT2D eigenvalue weighted by molar-refractivity contribution is 0.403. The quantitative estimate of drug-likeness (QED) is 0.409. The Labute approximate surface area is 198 Å². The Kier molecular flexibility index (Phi) is 5.71. The number of methoxy groups -OCH3 is 2. The molecule has 0 unspecified atom stereocenters. The number of thiocarbonyl (C=S) groups is 1. The third kappa shape index (κ3) is 3.91. The van der Waals surface area contributed by atoms with Crippen LogP contribution in [0.15, 0.2) is 91.4 Å². The van der Waals surface area contributed by atoms with Gasteiger partial charge in [-0.05, 0) is 60.2 Å². The van der Waals surface area contributed by atoms with Crippen LogP contribution in [0.5, 0.6) is 11.5 Å². The normalized spacial score (nSPS) is 17.6. The van der Waals surface area contributed by atoms with Crippen LogP contribution in [0.2, 0.25) is 0 Å². The van der Waals surface area contributed by atoms with Crippen LogP contribution >= 0.6 is 12.2 Å². The van der Waals surface area contributed by atoms with Gasteiger partial charge in [0.2, 0.25) is 0 Å². The lowest BCUT2D eigenvalue weighted by atomic mass is 9.98. The van der Waals surface area contributed by atoms with E-state index in [1.54, 1.807) is 20.4 Å². The Hall–Kier alpha value is -3.84. The predicted molar refractivity (Wildman–Crippen MR) is 133 cm³/mol.